The van der Waals surface area contributed by atoms with Gasteiger partial charge in [0, 0.05) is 24.0 Å². The third-order valence-electron chi connectivity index (χ3n) is 6.90. The number of nitrogens with one attached hydrogen (secondary N) is 3. The predicted molar refractivity (Wildman–Crippen MR) is 89.6 cm³/mol. The molecule has 4 unspecified atom stereocenters. The monoisotopic (exact) mass is 313 g/mol. The molecule has 2 rings (SSSR count). The molecule has 0 aliphatic heterocycles. The quantitative estimate of drug-likeness (QED) is 0.469. The zero-order chi connectivity index (χ0) is 16.4. The van der Waals surface area contributed by atoms with Crippen molar-refractivity contribution in [3.63, 3.8) is 0 Å². The van der Waals surface area contributed by atoms with E-state index in [4.69, 9.17) is 0 Å². The van der Waals surface area contributed by atoms with Crippen LogP contribution < -0.4 is 16.0 Å². The zero-order valence-electron chi connectivity index (χ0n) is 14.7. The van der Waals surface area contributed by atoms with Gasteiger partial charge in [0.2, 0.25) is 0 Å². The first-order valence-electron chi connectivity index (χ1n) is 8.88. The van der Waals surface area contributed by atoms with Crippen LogP contribution in [0.15, 0.2) is 0 Å². The van der Waals surface area contributed by atoms with Crippen molar-refractivity contribution in [3.05, 3.63) is 0 Å². The molecule has 5 heteroatoms. The summed E-state index contributed by atoms with van der Waals surface area (Å²) >= 11 is 0. The average Bonchev–Trinajstić information content (AvgIpc) is 2.56. The van der Waals surface area contributed by atoms with Gasteiger partial charge in [-0.3, -0.25) is 0 Å². The van der Waals surface area contributed by atoms with Gasteiger partial charge in [-0.05, 0) is 66.1 Å². The molecule has 0 saturated heterocycles. The van der Waals surface area contributed by atoms with Gasteiger partial charge in [0.25, 0.3) is 0 Å². The van der Waals surface area contributed by atoms with Crippen LogP contribution in [0.5, 0.6) is 0 Å². The largest absolute Gasteiger partial charge is 0.396 e. The van der Waals surface area contributed by atoms with E-state index in [1.807, 2.05) is 21.1 Å². The van der Waals surface area contributed by atoms with Gasteiger partial charge in [-0.15, -0.1) is 0 Å². The molecular weight excluding hydrogens is 278 g/mol. The van der Waals surface area contributed by atoms with Crippen LogP contribution in [0, 0.1) is 11.8 Å². The Morgan fingerprint density at radius 3 is 2.23 bits per heavy atom. The van der Waals surface area contributed by atoms with Gasteiger partial charge in [0.15, 0.2) is 0 Å². The number of hydrogen-bond acceptors (Lipinski definition) is 5. The number of hydrogen-bond donors (Lipinski definition) is 5. The van der Waals surface area contributed by atoms with Gasteiger partial charge in [-0.2, -0.15) is 0 Å². The predicted octanol–water partition coefficient (Wildman–Crippen LogP) is 0.813. The summed E-state index contributed by atoms with van der Waals surface area (Å²) in [7, 11) is 6.09. The second kappa shape index (κ2) is 6.73. The summed E-state index contributed by atoms with van der Waals surface area (Å²) in [6.45, 7) is 2.20. The lowest BCUT2D eigenvalue weighted by Crippen LogP contribution is -2.76. The van der Waals surface area contributed by atoms with Crippen LogP contribution >= 0.6 is 0 Å². The van der Waals surface area contributed by atoms with Gasteiger partial charge < -0.3 is 26.2 Å². The Hall–Kier alpha value is -0.200. The molecule has 0 spiro atoms. The van der Waals surface area contributed by atoms with E-state index >= 15 is 0 Å². The topological polar surface area (TPSA) is 76.5 Å². The van der Waals surface area contributed by atoms with Crippen molar-refractivity contribution in [1.29, 1.82) is 0 Å². The molecule has 4 atom stereocenters. The van der Waals surface area contributed by atoms with E-state index in [0.717, 1.165) is 38.5 Å². The average molecular weight is 313 g/mol. The molecule has 5 N–H and O–H groups in total. The minimum absolute atomic E-state index is 0.0834. The standard InChI is InChI=1S/C17H35N3O2/c1-5-15(22)11-7-14-16(18-2,13(15)8-12-21)9-6-10-17(14,19-3)20-4/h13-14,18-22H,5-12H2,1-4H3. The van der Waals surface area contributed by atoms with E-state index in [2.05, 4.69) is 22.9 Å². The Labute approximate surface area is 135 Å². The van der Waals surface area contributed by atoms with Gasteiger partial charge in [-0.25, -0.2) is 0 Å². The van der Waals surface area contributed by atoms with Crippen LogP contribution in [0.4, 0.5) is 0 Å². The first-order chi connectivity index (χ1) is 10.5. The zero-order valence-corrected chi connectivity index (χ0v) is 14.7. The molecule has 2 aliphatic carbocycles. The van der Waals surface area contributed by atoms with Crippen molar-refractivity contribution in [2.75, 3.05) is 27.7 Å². The molecule has 2 saturated carbocycles. The van der Waals surface area contributed by atoms with Crippen molar-refractivity contribution in [1.82, 2.24) is 16.0 Å². The Bertz CT molecular complexity index is 371. The summed E-state index contributed by atoms with van der Waals surface area (Å²) in [5.41, 5.74) is -0.896. The van der Waals surface area contributed by atoms with E-state index in [1.165, 1.54) is 0 Å². The fraction of sp³-hybridized carbons (Fsp3) is 1.00. The van der Waals surface area contributed by atoms with Crippen molar-refractivity contribution < 1.29 is 10.2 Å². The smallest absolute Gasteiger partial charge is 0.0729 e. The highest BCUT2D eigenvalue weighted by Crippen LogP contribution is 2.55. The third-order valence-corrected chi connectivity index (χ3v) is 6.90. The summed E-state index contributed by atoms with van der Waals surface area (Å²) in [6.07, 6.45) is 6.49. The summed E-state index contributed by atoms with van der Waals surface area (Å²) in [4.78, 5) is 0. The van der Waals surface area contributed by atoms with Gasteiger partial charge in [0.05, 0.1) is 11.3 Å². The summed E-state index contributed by atoms with van der Waals surface area (Å²) in [6, 6.07) is 0. The Kier molecular flexibility index (Phi) is 5.55. The second-order valence-electron chi connectivity index (χ2n) is 7.23. The maximum atomic E-state index is 11.2. The van der Waals surface area contributed by atoms with E-state index in [1.54, 1.807) is 0 Å². The van der Waals surface area contributed by atoms with Crippen molar-refractivity contribution in [2.45, 2.75) is 68.7 Å². The molecule has 0 aromatic carbocycles. The van der Waals surface area contributed by atoms with E-state index in [-0.39, 0.29) is 23.7 Å². The first-order valence-corrected chi connectivity index (χ1v) is 8.88. The lowest BCUT2D eigenvalue weighted by molar-refractivity contribution is -0.155. The van der Waals surface area contributed by atoms with Crippen molar-refractivity contribution >= 4 is 0 Å². The lowest BCUT2D eigenvalue weighted by Gasteiger charge is -2.64. The lowest BCUT2D eigenvalue weighted by atomic mass is 9.50. The molecule has 0 aromatic rings. The molecule has 22 heavy (non-hydrogen) atoms. The molecule has 0 radical (unpaired) electrons. The Morgan fingerprint density at radius 1 is 1.05 bits per heavy atom. The highest BCUT2D eigenvalue weighted by Gasteiger charge is 2.62. The minimum Gasteiger partial charge on any atom is -0.396 e. The minimum atomic E-state index is -0.674. The molecule has 2 fully saturated rings. The molecule has 2 aliphatic rings. The van der Waals surface area contributed by atoms with Crippen LogP contribution in [-0.4, -0.2) is 54.8 Å². The number of aliphatic hydroxyl groups is 2. The molecule has 0 bridgehead atoms. The van der Waals surface area contributed by atoms with Crippen LogP contribution in [0.3, 0.4) is 0 Å². The molecule has 0 heterocycles. The van der Waals surface area contributed by atoms with Gasteiger partial charge in [0.1, 0.15) is 0 Å². The summed E-state index contributed by atoms with van der Waals surface area (Å²) in [5, 5.41) is 31.5. The SMILES string of the molecule is CCC1(O)CCC2C(NC)(NC)CCCC2(NC)C1CCO. The normalized spacial score (nSPS) is 41.2. The molecular formula is C17H35N3O2. The highest BCUT2D eigenvalue weighted by molar-refractivity contribution is 5.17. The fourth-order valence-corrected chi connectivity index (χ4v) is 5.69. The molecule has 0 amide bonds. The van der Waals surface area contributed by atoms with Crippen LogP contribution in [0.2, 0.25) is 0 Å². The highest BCUT2D eigenvalue weighted by atomic mass is 16.3. The second-order valence-corrected chi connectivity index (χ2v) is 7.23. The number of aliphatic hydroxyl groups excluding tert-OH is 1. The van der Waals surface area contributed by atoms with Crippen molar-refractivity contribution in [3.8, 4) is 0 Å². The van der Waals surface area contributed by atoms with Crippen LogP contribution in [-0.2, 0) is 0 Å². The maximum absolute atomic E-state index is 11.2. The Balaban J connectivity index is 2.48. The van der Waals surface area contributed by atoms with E-state index in [0.29, 0.717) is 12.3 Å². The first kappa shape index (κ1) is 18.1. The van der Waals surface area contributed by atoms with Crippen LogP contribution in [0.1, 0.15) is 51.9 Å². The number of fused-ring (bicyclic) bond motifs is 1. The van der Waals surface area contributed by atoms with Crippen LogP contribution in [0.25, 0.3) is 0 Å². The third kappa shape index (κ3) is 2.51. The summed E-state index contributed by atoms with van der Waals surface area (Å²) in [5.74, 6) is 0.484. The van der Waals surface area contributed by atoms with E-state index < -0.39 is 5.60 Å². The van der Waals surface area contributed by atoms with E-state index in [9.17, 15) is 10.2 Å². The number of rotatable bonds is 6. The molecule has 0 aromatic heterocycles. The van der Waals surface area contributed by atoms with Crippen molar-refractivity contribution in [2.24, 2.45) is 11.8 Å². The maximum Gasteiger partial charge on any atom is 0.0729 e. The molecule has 130 valence electrons. The Morgan fingerprint density at radius 2 is 1.73 bits per heavy atom. The van der Waals surface area contributed by atoms with Gasteiger partial charge in [-0.1, -0.05) is 6.92 Å². The molecule has 5 nitrogen and oxygen atoms in total. The fourth-order valence-electron chi connectivity index (χ4n) is 5.69. The van der Waals surface area contributed by atoms with Gasteiger partial charge >= 0.3 is 0 Å². The summed E-state index contributed by atoms with van der Waals surface area (Å²) < 4.78 is 0.